The molecule has 10 heteroatoms. The summed E-state index contributed by atoms with van der Waals surface area (Å²) >= 11 is 1.74. The summed E-state index contributed by atoms with van der Waals surface area (Å²) in [4.78, 5) is 26.4. The van der Waals surface area contributed by atoms with Crippen LogP contribution in [0.25, 0.3) is 21.1 Å². The average molecular weight is 541 g/mol. The van der Waals surface area contributed by atoms with Crippen molar-refractivity contribution in [3.63, 3.8) is 0 Å². The van der Waals surface area contributed by atoms with Crippen molar-refractivity contribution in [2.24, 2.45) is 0 Å². The normalized spacial score (nSPS) is 17.9. The van der Waals surface area contributed by atoms with E-state index in [-0.39, 0.29) is 17.6 Å². The predicted octanol–water partition coefficient (Wildman–Crippen LogP) is 4.77. The van der Waals surface area contributed by atoms with E-state index < -0.39 is 0 Å². The molecule has 0 radical (unpaired) electrons. The molecule has 1 N–H and O–H groups in total. The number of fused-ring (bicyclic) bond motifs is 2. The zero-order valence-electron chi connectivity index (χ0n) is 22.3. The summed E-state index contributed by atoms with van der Waals surface area (Å²) in [5.74, 6) is 0.768. The van der Waals surface area contributed by atoms with Crippen LogP contribution in [0.15, 0.2) is 47.3 Å². The highest BCUT2D eigenvalue weighted by molar-refractivity contribution is 7.22. The van der Waals surface area contributed by atoms with Crippen molar-refractivity contribution in [3.05, 3.63) is 75.3 Å². The number of H-pyrrole nitrogens is 1. The van der Waals surface area contributed by atoms with Gasteiger partial charge in [-0.05, 0) is 84.0 Å². The maximum Gasteiger partial charge on any atom is 0.253 e. The van der Waals surface area contributed by atoms with Crippen LogP contribution in [0.2, 0.25) is 0 Å². The minimum Gasteiger partial charge on any atom is -0.345 e. The fourth-order valence-corrected chi connectivity index (χ4v) is 7.17. The summed E-state index contributed by atoms with van der Waals surface area (Å²) in [5.41, 5.74) is 4.90. The van der Waals surface area contributed by atoms with Gasteiger partial charge < -0.3 is 9.88 Å². The number of aromatic nitrogens is 6. The third-order valence-electron chi connectivity index (χ3n) is 8.45. The van der Waals surface area contributed by atoms with Gasteiger partial charge >= 0.3 is 0 Å². The fraction of sp³-hybridized carbons (Fsp3) is 0.414. The quantitative estimate of drug-likeness (QED) is 0.343. The minimum absolute atomic E-state index is 0.0784. The van der Waals surface area contributed by atoms with Gasteiger partial charge in [0.05, 0.1) is 16.3 Å². The highest BCUT2D eigenvalue weighted by atomic mass is 32.1. The number of para-hydroxylation sites is 1. The van der Waals surface area contributed by atoms with Crippen LogP contribution in [0, 0.1) is 13.8 Å². The van der Waals surface area contributed by atoms with Crippen molar-refractivity contribution in [3.8, 4) is 0 Å². The molecule has 39 heavy (non-hydrogen) atoms. The molecular weight excluding hydrogens is 508 g/mol. The highest BCUT2D eigenvalue weighted by Gasteiger charge is 2.35. The number of nitrogens with one attached hydrogen (secondary N) is 1. The first-order valence-electron chi connectivity index (χ1n) is 13.8. The number of thiazole rings is 1. The monoisotopic (exact) mass is 540 g/mol. The van der Waals surface area contributed by atoms with E-state index in [9.17, 15) is 4.79 Å². The molecule has 1 atom stereocenters. The van der Waals surface area contributed by atoms with Crippen LogP contribution in [0.1, 0.15) is 60.3 Å². The van der Waals surface area contributed by atoms with Gasteiger partial charge in [-0.15, -0.1) is 5.10 Å². The first-order chi connectivity index (χ1) is 19.0. The van der Waals surface area contributed by atoms with Crippen molar-refractivity contribution < 1.29 is 0 Å². The second-order valence-corrected chi connectivity index (χ2v) is 11.9. The summed E-state index contributed by atoms with van der Waals surface area (Å²) in [6.45, 7) is 7.39. The number of nitrogens with zero attached hydrogens (tertiary/aromatic N) is 7. The summed E-state index contributed by atoms with van der Waals surface area (Å²) < 4.78 is 3.21. The number of hydrogen-bond acceptors (Lipinski definition) is 8. The summed E-state index contributed by atoms with van der Waals surface area (Å²) in [6, 6.07) is 14.5. The number of aromatic amines is 1. The summed E-state index contributed by atoms with van der Waals surface area (Å²) in [6.07, 6.45) is 4.51. The minimum atomic E-state index is -0.326. The first-order valence-corrected chi connectivity index (χ1v) is 14.6. The number of tetrazole rings is 1. The van der Waals surface area contributed by atoms with Crippen LogP contribution in [0.3, 0.4) is 0 Å². The Hall–Kier alpha value is -3.63. The van der Waals surface area contributed by atoms with Crippen molar-refractivity contribution in [2.75, 3.05) is 31.1 Å². The number of aryl methyl sites for hydroxylation is 2. The smallest absolute Gasteiger partial charge is 0.253 e. The molecule has 1 saturated heterocycles. The molecule has 1 aliphatic carbocycles. The summed E-state index contributed by atoms with van der Waals surface area (Å²) in [5, 5.41) is 15.2. The van der Waals surface area contributed by atoms with E-state index >= 15 is 0 Å². The van der Waals surface area contributed by atoms with Gasteiger partial charge in [0.2, 0.25) is 0 Å². The molecule has 0 unspecified atom stereocenters. The van der Waals surface area contributed by atoms with Crippen LogP contribution in [-0.2, 0) is 0 Å². The Morgan fingerprint density at radius 1 is 1.00 bits per heavy atom. The van der Waals surface area contributed by atoms with E-state index in [2.05, 4.69) is 80.6 Å². The zero-order chi connectivity index (χ0) is 26.5. The van der Waals surface area contributed by atoms with Crippen LogP contribution < -0.4 is 10.5 Å². The lowest BCUT2D eigenvalue weighted by Crippen LogP contribution is -2.49. The molecule has 2 aromatic carbocycles. The molecule has 2 aliphatic rings. The molecule has 0 amide bonds. The molecule has 5 aromatic rings. The van der Waals surface area contributed by atoms with E-state index in [1.165, 1.54) is 28.7 Å². The molecule has 1 aliphatic heterocycles. The molecule has 2 fully saturated rings. The van der Waals surface area contributed by atoms with Gasteiger partial charge in [-0.25, -0.2) is 9.67 Å². The molecule has 1 saturated carbocycles. The Balaban J connectivity index is 1.26. The van der Waals surface area contributed by atoms with E-state index in [1.54, 1.807) is 11.3 Å². The Kier molecular flexibility index (Phi) is 6.16. The number of pyridine rings is 1. The molecule has 7 rings (SSSR count). The van der Waals surface area contributed by atoms with Crippen molar-refractivity contribution in [1.29, 1.82) is 0 Å². The number of piperazine rings is 1. The van der Waals surface area contributed by atoms with Gasteiger partial charge in [0.25, 0.3) is 5.56 Å². The Morgan fingerprint density at radius 3 is 2.56 bits per heavy atom. The SMILES string of the molecule is Cc1cc2cc([C@H](c3nnnn3C3CCCC3)N3CCN(c4nc5ccccc5s4)CC3)c(=O)[nH]c2cc1C. The zero-order valence-corrected chi connectivity index (χ0v) is 23.1. The lowest BCUT2D eigenvalue weighted by atomic mass is 10.00. The van der Waals surface area contributed by atoms with Gasteiger partial charge in [-0.3, -0.25) is 9.69 Å². The van der Waals surface area contributed by atoms with E-state index in [4.69, 9.17) is 4.98 Å². The van der Waals surface area contributed by atoms with Crippen molar-refractivity contribution in [2.45, 2.75) is 51.6 Å². The number of rotatable bonds is 5. The largest absolute Gasteiger partial charge is 0.345 e. The molecular formula is C29H32N8OS. The lowest BCUT2D eigenvalue weighted by molar-refractivity contribution is 0.197. The third kappa shape index (κ3) is 4.41. The molecule has 4 heterocycles. The van der Waals surface area contributed by atoms with Gasteiger partial charge in [0, 0.05) is 37.3 Å². The van der Waals surface area contributed by atoms with Crippen LogP contribution in [0.4, 0.5) is 5.13 Å². The fourth-order valence-electron chi connectivity index (χ4n) is 6.15. The van der Waals surface area contributed by atoms with Gasteiger partial charge in [-0.1, -0.05) is 36.3 Å². The highest BCUT2D eigenvalue weighted by Crippen LogP contribution is 2.35. The Bertz CT molecular complexity index is 1670. The van der Waals surface area contributed by atoms with Crippen LogP contribution >= 0.6 is 11.3 Å². The molecule has 200 valence electrons. The van der Waals surface area contributed by atoms with E-state index in [0.29, 0.717) is 5.56 Å². The second-order valence-electron chi connectivity index (χ2n) is 10.9. The Labute approximate surface area is 230 Å². The Morgan fingerprint density at radius 2 is 1.77 bits per heavy atom. The first kappa shape index (κ1) is 24.4. The van der Waals surface area contributed by atoms with Crippen molar-refractivity contribution in [1.82, 2.24) is 35.1 Å². The topological polar surface area (TPSA) is 95.8 Å². The predicted molar refractivity (Wildman–Crippen MR) is 155 cm³/mol. The molecule has 0 bridgehead atoms. The number of benzene rings is 2. The van der Waals surface area contributed by atoms with Gasteiger partial charge in [0.15, 0.2) is 11.0 Å². The van der Waals surface area contributed by atoms with Crippen LogP contribution in [0.5, 0.6) is 0 Å². The standard InChI is InChI=1S/C29H32N8OS/c1-18-15-20-17-22(28(38)30-24(20)16-19(18)2)26(27-32-33-34-37(27)21-7-3-4-8-21)35-11-13-36(14-12-35)29-31-23-9-5-6-10-25(23)39-29/h5-6,9-10,15-17,21,26H,3-4,7-8,11-14H2,1-2H3,(H,30,38)/t26-/m1/s1. The van der Waals surface area contributed by atoms with Crippen molar-refractivity contribution >= 4 is 37.6 Å². The number of hydrogen-bond donors (Lipinski definition) is 1. The average Bonchev–Trinajstić information content (AvgIpc) is 3.71. The molecule has 3 aromatic heterocycles. The van der Waals surface area contributed by atoms with E-state index in [0.717, 1.165) is 66.4 Å². The van der Waals surface area contributed by atoms with E-state index in [1.807, 2.05) is 10.7 Å². The lowest BCUT2D eigenvalue weighted by Gasteiger charge is -2.38. The van der Waals surface area contributed by atoms with Crippen LogP contribution in [-0.4, -0.2) is 61.3 Å². The van der Waals surface area contributed by atoms with Gasteiger partial charge in [0.1, 0.15) is 6.04 Å². The summed E-state index contributed by atoms with van der Waals surface area (Å²) in [7, 11) is 0. The second kappa shape index (κ2) is 9.84. The molecule has 0 spiro atoms. The van der Waals surface area contributed by atoms with Gasteiger partial charge in [-0.2, -0.15) is 0 Å². The maximum absolute atomic E-state index is 13.6. The molecule has 9 nitrogen and oxygen atoms in total. The maximum atomic E-state index is 13.6. The number of anilines is 1. The third-order valence-corrected chi connectivity index (χ3v) is 9.54.